The summed E-state index contributed by atoms with van der Waals surface area (Å²) in [5.74, 6) is 1.19. The Morgan fingerprint density at radius 1 is 1.25 bits per heavy atom. The third-order valence-corrected chi connectivity index (χ3v) is 5.79. The van der Waals surface area contributed by atoms with E-state index in [0.717, 1.165) is 23.5 Å². The molecule has 1 amide bonds. The van der Waals surface area contributed by atoms with E-state index in [1.54, 1.807) is 11.3 Å². The van der Waals surface area contributed by atoms with Crippen LogP contribution < -0.4 is 10.6 Å². The molecule has 0 spiro atoms. The molecule has 2 aliphatic rings. The summed E-state index contributed by atoms with van der Waals surface area (Å²) >= 11 is 1.77. The van der Waals surface area contributed by atoms with Crippen molar-refractivity contribution in [2.75, 3.05) is 11.9 Å². The number of hydrogen-bond donors (Lipinski definition) is 1. The van der Waals surface area contributed by atoms with Crippen molar-refractivity contribution in [2.24, 2.45) is 5.73 Å². The minimum atomic E-state index is -0.374. The van der Waals surface area contributed by atoms with Crippen molar-refractivity contribution in [1.82, 2.24) is 9.97 Å². The van der Waals surface area contributed by atoms with E-state index in [0.29, 0.717) is 11.9 Å². The molecular formula is C18H26N4OS. The van der Waals surface area contributed by atoms with Gasteiger partial charge in [0.15, 0.2) is 0 Å². The molecule has 4 rings (SSSR count). The molecular weight excluding hydrogens is 320 g/mol. The first-order valence-corrected chi connectivity index (χ1v) is 9.77. The molecule has 0 aromatic carbocycles. The number of amides is 1. The molecule has 6 heteroatoms. The van der Waals surface area contributed by atoms with E-state index in [9.17, 15) is 4.79 Å². The first kappa shape index (κ1) is 17.1. The van der Waals surface area contributed by atoms with Crippen LogP contribution in [0, 0.1) is 0 Å². The third-order valence-electron chi connectivity index (χ3n) is 4.60. The van der Waals surface area contributed by atoms with Crippen molar-refractivity contribution in [3.05, 3.63) is 16.3 Å². The normalized spacial score (nSPS) is 16.3. The Morgan fingerprint density at radius 2 is 1.96 bits per heavy atom. The van der Waals surface area contributed by atoms with Crippen molar-refractivity contribution in [3.63, 3.8) is 0 Å². The zero-order valence-electron chi connectivity index (χ0n) is 14.8. The molecule has 2 N–H and O–H groups in total. The number of nitrogens with zero attached hydrogens (tertiary/aromatic N) is 3. The number of carbonyl (C=O) groups excluding carboxylic acids is 1. The monoisotopic (exact) mass is 346 g/mol. The van der Waals surface area contributed by atoms with Gasteiger partial charge >= 0.3 is 0 Å². The van der Waals surface area contributed by atoms with Crippen LogP contribution in [0.2, 0.25) is 0 Å². The summed E-state index contributed by atoms with van der Waals surface area (Å²) in [6.07, 6.45) is 7.33. The van der Waals surface area contributed by atoms with Crippen molar-refractivity contribution in [1.29, 1.82) is 0 Å². The molecule has 0 bridgehead atoms. The summed E-state index contributed by atoms with van der Waals surface area (Å²) < 4.78 is 0. The van der Waals surface area contributed by atoms with Gasteiger partial charge in [-0.1, -0.05) is 13.8 Å². The van der Waals surface area contributed by atoms with Gasteiger partial charge in [0.2, 0.25) is 5.91 Å². The largest absolute Gasteiger partial charge is 0.369 e. The number of primary amides is 1. The molecule has 2 heterocycles. The highest BCUT2D eigenvalue weighted by Crippen LogP contribution is 2.41. The van der Waals surface area contributed by atoms with Gasteiger partial charge in [0, 0.05) is 18.0 Å². The zero-order chi connectivity index (χ0) is 17.3. The van der Waals surface area contributed by atoms with Gasteiger partial charge < -0.3 is 10.6 Å². The summed E-state index contributed by atoms with van der Waals surface area (Å²) in [5.41, 5.74) is 6.78. The Kier molecular flexibility index (Phi) is 5.04. The Morgan fingerprint density at radius 3 is 2.62 bits per heavy atom. The fourth-order valence-electron chi connectivity index (χ4n) is 3.31. The Bertz CT molecular complexity index is 751. The number of aromatic nitrogens is 2. The van der Waals surface area contributed by atoms with Gasteiger partial charge in [0.25, 0.3) is 0 Å². The molecule has 24 heavy (non-hydrogen) atoms. The maximum atomic E-state index is 11.3. The minimum Gasteiger partial charge on any atom is -0.369 e. The van der Waals surface area contributed by atoms with Crippen LogP contribution >= 0.6 is 11.3 Å². The van der Waals surface area contributed by atoms with Gasteiger partial charge in [-0.15, -0.1) is 11.3 Å². The zero-order valence-corrected chi connectivity index (χ0v) is 15.6. The molecule has 130 valence electrons. The number of rotatable bonds is 4. The van der Waals surface area contributed by atoms with E-state index in [1.807, 2.05) is 13.8 Å². The first-order valence-electron chi connectivity index (χ1n) is 8.96. The average molecular weight is 347 g/mol. The van der Waals surface area contributed by atoms with E-state index in [4.69, 9.17) is 10.7 Å². The van der Waals surface area contributed by atoms with E-state index in [1.165, 1.54) is 41.5 Å². The summed E-state index contributed by atoms with van der Waals surface area (Å²) in [6.45, 7) is 4.00. The summed E-state index contributed by atoms with van der Waals surface area (Å²) in [7, 11) is 2.11. The smallest absolute Gasteiger partial charge is 0.225 e. The van der Waals surface area contributed by atoms with Gasteiger partial charge in [-0.05, 0) is 44.1 Å². The number of anilines is 1. The van der Waals surface area contributed by atoms with Crippen LogP contribution in [0.4, 0.5) is 5.82 Å². The molecule has 0 unspecified atom stereocenters. The number of aryl methyl sites for hydroxylation is 2. The highest BCUT2D eigenvalue weighted by molar-refractivity contribution is 7.19. The fraction of sp³-hybridized carbons (Fsp3) is 0.611. The maximum absolute atomic E-state index is 11.3. The highest BCUT2D eigenvalue weighted by atomic mass is 32.1. The minimum absolute atomic E-state index is 0.115. The molecule has 0 saturated heterocycles. The SMILES string of the molecule is CC.CN(c1nc(CC(N)=O)nc2sc3c(c12)CCCC3)C1CC1. The summed E-state index contributed by atoms with van der Waals surface area (Å²) in [5, 5.41) is 1.22. The standard InChI is InChI=1S/C16H20N4OS.C2H6/c1-20(9-6-7-9)15-14-10-4-2-3-5-11(10)22-16(14)19-13(18-15)8-12(17)21;1-2/h9H,2-8H2,1H3,(H2,17,21);1-2H3. The second-order valence-corrected chi connectivity index (χ2v) is 7.42. The van der Waals surface area contributed by atoms with Crippen molar-refractivity contribution >= 4 is 33.3 Å². The van der Waals surface area contributed by atoms with Crippen molar-refractivity contribution in [3.8, 4) is 0 Å². The van der Waals surface area contributed by atoms with Crippen molar-refractivity contribution in [2.45, 2.75) is 64.8 Å². The predicted octanol–water partition coefficient (Wildman–Crippen LogP) is 3.22. The lowest BCUT2D eigenvalue weighted by Crippen LogP contribution is -2.23. The third kappa shape index (κ3) is 3.24. The number of fused-ring (bicyclic) bond motifs is 3. The lowest BCUT2D eigenvalue weighted by atomic mass is 9.97. The van der Waals surface area contributed by atoms with Crippen LogP contribution in [0.15, 0.2) is 0 Å². The lowest BCUT2D eigenvalue weighted by molar-refractivity contribution is -0.117. The number of thiophene rings is 1. The summed E-state index contributed by atoms with van der Waals surface area (Å²) in [6, 6.07) is 0.582. The molecule has 1 saturated carbocycles. The molecule has 0 radical (unpaired) electrons. The number of hydrogen-bond acceptors (Lipinski definition) is 5. The second kappa shape index (κ2) is 7.05. The van der Waals surface area contributed by atoms with Crippen LogP contribution in [0.3, 0.4) is 0 Å². The van der Waals surface area contributed by atoms with Gasteiger partial charge in [-0.2, -0.15) is 0 Å². The molecule has 0 atom stereocenters. The molecule has 1 fully saturated rings. The first-order chi connectivity index (χ1) is 11.6. The summed E-state index contributed by atoms with van der Waals surface area (Å²) in [4.78, 5) is 25.3. The lowest BCUT2D eigenvalue weighted by Gasteiger charge is -2.20. The van der Waals surface area contributed by atoms with E-state index in [-0.39, 0.29) is 12.3 Å². The molecule has 0 aliphatic heterocycles. The Hall–Kier alpha value is -1.69. The van der Waals surface area contributed by atoms with Gasteiger partial charge in [-0.25, -0.2) is 9.97 Å². The van der Waals surface area contributed by atoms with E-state index in [2.05, 4.69) is 16.9 Å². The fourth-order valence-corrected chi connectivity index (χ4v) is 4.58. The molecule has 2 aromatic heterocycles. The highest BCUT2D eigenvalue weighted by Gasteiger charge is 2.31. The topological polar surface area (TPSA) is 72.1 Å². The number of nitrogens with two attached hydrogens (primary N) is 1. The van der Waals surface area contributed by atoms with Crippen LogP contribution in [0.25, 0.3) is 10.2 Å². The average Bonchev–Trinajstić information content (AvgIpc) is 3.35. The second-order valence-electron chi connectivity index (χ2n) is 6.34. The van der Waals surface area contributed by atoms with Gasteiger partial charge in [-0.3, -0.25) is 4.79 Å². The Labute approximate surface area is 147 Å². The van der Waals surface area contributed by atoms with Crippen molar-refractivity contribution < 1.29 is 4.79 Å². The van der Waals surface area contributed by atoms with Gasteiger partial charge in [0.1, 0.15) is 16.5 Å². The molecule has 2 aliphatic carbocycles. The predicted molar refractivity (Wildman–Crippen MR) is 99.7 cm³/mol. The molecule has 2 aromatic rings. The number of carbonyl (C=O) groups is 1. The van der Waals surface area contributed by atoms with Gasteiger partial charge in [0.05, 0.1) is 11.8 Å². The van der Waals surface area contributed by atoms with E-state index >= 15 is 0 Å². The quantitative estimate of drug-likeness (QED) is 0.922. The van der Waals surface area contributed by atoms with Crippen LogP contribution in [-0.4, -0.2) is 29.0 Å². The van der Waals surface area contributed by atoms with E-state index < -0.39 is 0 Å². The Balaban J connectivity index is 0.000000815. The van der Waals surface area contributed by atoms with Crippen LogP contribution in [0.5, 0.6) is 0 Å². The maximum Gasteiger partial charge on any atom is 0.225 e. The van der Waals surface area contributed by atoms with Crippen LogP contribution in [-0.2, 0) is 24.1 Å². The van der Waals surface area contributed by atoms with Crippen LogP contribution in [0.1, 0.15) is 55.8 Å². The molecule has 5 nitrogen and oxygen atoms in total.